The van der Waals surface area contributed by atoms with Gasteiger partial charge >= 0.3 is 0 Å². The van der Waals surface area contributed by atoms with Gasteiger partial charge in [-0.15, -0.1) is 0 Å². The van der Waals surface area contributed by atoms with Crippen molar-refractivity contribution < 1.29 is 14.0 Å². The Bertz CT molecular complexity index is 687. The van der Waals surface area contributed by atoms with Gasteiger partial charge in [0, 0.05) is 32.6 Å². The van der Waals surface area contributed by atoms with E-state index in [2.05, 4.69) is 4.98 Å². The number of rotatable bonds is 3. The van der Waals surface area contributed by atoms with E-state index in [1.807, 2.05) is 34.9 Å². The van der Waals surface area contributed by atoms with Gasteiger partial charge in [-0.2, -0.15) is 0 Å². The molecule has 0 aliphatic carbocycles. The van der Waals surface area contributed by atoms with E-state index >= 15 is 0 Å². The highest BCUT2D eigenvalue weighted by atomic mass is 16.3. The first-order valence-electron chi connectivity index (χ1n) is 7.55. The predicted molar refractivity (Wildman–Crippen MR) is 81.2 cm³/mol. The lowest BCUT2D eigenvalue weighted by atomic mass is 10.1. The van der Waals surface area contributed by atoms with Gasteiger partial charge in [-0.1, -0.05) is 13.0 Å². The number of nitrogens with zero attached hydrogens (tertiary/aromatic N) is 3. The Hall–Kier alpha value is -2.37. The fraction of sp³-hybridized carbons (Fsp3) is 0.438. The average molecular weight is 301 g/mol. The molecular formula is C16H19N3O3. The Morgan fingerprint density at radius 1 is 1.14 bits per heavy atom. The minimum Gasteiger partial charge on any atom is -0.443 e. The van der Waals surface area contributed by atoms with Gasteiger partial charge in [-0.25, -0.2) is 4.98 Å². The van der Waals surface area contributed by atoms with Crippen molar-refractivity contribution in [1.82, 2.24) is 14.8 Å². The van der Waals surface area contributed by atoms with Crippen molar-refractivity contribution in [3.05, 3.63) is 30.2 Å². The SMILES string of the molecule is CCC(=O)N1CCN(C(=O)Cc2ccc3ncoc3c2)CC1. The molecule has 1 aromatic heterocycles. The van der Waals surface area contributed by atoms with Crippen LogP contribution in [0.3, 0.4) is 0 Å². The number of hydrogen-bond donors (Lipinski definition) is 0. The zero-order chi connectivity index (χ0) is 15.5. The first kappa shape index (κ1) is 14.6. The largest absolute Gasteiger partial charge is 0.443 e. The molecule has 116 valence electrons. The molecule has 0 atom stereocenters. The van der Waals surface area contributed by atoms with Crippen molar-refractivity contribution in [3.63, 3.8) is 0 Å². The number of oxazole rings is 1. The highest BCUT2D eigenvalue weighted by molar-refractivity contribution is 5.81. The number of fused-ring (bicyclic) bond motifs is 1. The van der Waals surface area contributed by atoms with Crippen LogP contribution in [0, 0.1) is 0 Å². The highest BCUT2D eigenvalue weighted by Gasteiger charge is 2.23. The maximum Gasteiger partial charge on any atom is 0.227 e. The fourth-order valence-corrected chi connectivity index (χ4v) is 2.72. The van der Waals surface area contributed by atoms with Crippen molar-refractivity contribution in [2.45, 2.75) is 19.8 Å². The van der Waals surface area contributed by atoms with Gasteiger partial charge in [0.15, 0.2) is 12.0 Å². The third-order valence-electron chi connectivity index (χ3n) is 4.04. The molecule has 6 heteroatoms. The van der Waals surface area contributed by atoms with Gasteiger partial charge in [-0.3, -0.25) is 9.59 Å². The Balaban J connectivity index is 1.59. The fourth-order valence-electron chi connectivity index (χ4n) is 2.72. The number of carbonyl (C=O) groups excluding carboxylic acids is 2. The van der Waals surface area contributed by atoms with Crippen molar-refractivity contribution in [3.8, 4) is 0 Å². The lowest BCUT2D eigenvalue weighted by Gasteiger charge is -2.34. The van der Waals surface area contributed by atoms with Gasteiger partial charge in [0.2, 0.25) is 11.8 Å². The molecule has 2 aromatic rings. The molecule has 0 bridgehead atoms. The van der Waals surface area contributed by atoms with Gasteiger partial charge in [0.25, 0.3) is 0 Å². The lowest BCUT2D eigenvalue weighted by Crippen LogP contribution is -2.50. The topological polar surface area (TPSA) is 66.7 Å². The summed E-state index contributed by atoms with van der Waals surface area (Å²) in [5, 5.41) is 0. The molecule has 1 saturated heterocycles. The number of amides is 2. The summed E-state index contributed by atoms with van der Waals surface area (Å²) in [6.07, 6.45) is 2.27. The summed E-state index contributed by atoms with van der Waals surface area (Å²) in [5.41, 5.74) is 2.41. The molecule has 0 radical (unpaired) electrons. The number of carbonyl (C=O) groups is 2. The van der Waals surface area contributed by atoms with Crippen LogP contribution < -0.4 is 0 Å². The van der Waals surface area contributed by atoms with Gasteiger partial charge < -0.3 is 14.2 Å². The monoisotopic (exact) mass is 301 g/mol. The smallest absolute Gasteiger partial charge is 0.227 e. The molecule has 22 heavy (non-hydrogen) atoms. The van der Waals surface area contributed by atoms with Crippen molar-refractivity contribution >= 4 is 22.9 Å². The van der Waals surface area contributed by atoms with Crippen LogP contribution in [-0.4, -0.2) is 52.8 Å². The predicted octanol–water partition coefficient (Wildman–Crippen LogP) is 1.45. The first-order chi connectivity index (χ1) is 10.7. The van der Waals surface area contributed by atoms with E-state index in [0.717, 1.165) is 11.1 Å². The zero-order valence-corrected chi connectivity index (χ0v) is 12.6. The quantitative estimate of drug-likeness (QED) is 0.860. The number of aromatic nitrogens is 1. The summed E-state index contributed by atoms with van der Waals surface area (Å²) in [7, 11) is 0. The van der Waals surface area contributed by atoms with E-state index in [-0.39, 0.29) is 11.8 Å². The van der Waals surface area contributed by atoms with Gasteiger partial charge in [0.1, 0.15) is 5.52 Å². The molecule has 2 amide bonds. The summed E-state index contributed by atoms with van der Waals surface area (Å²) in [5.74, 6) is 0.241. The molecule has 0 N–H and O–H groups in total. The second-order valence-electron chi connectivity index (χ2n) is 5.45. The van der Waals surface area contributed by atoms with Crippen LogP contribution in [-0.2, 0) is 16.0 Å². The van der Waals surface area contributed by atoms with Crippen LogP contribution in [0.15, 0.2) is 29.0 Å². The van der Waals surface area contributed by atoms with Crippen LogP contribution in [0.1, 0.15) is 18.9 Å². The molecule has 6 nitrogen and oxygen atoms in total. The molecule has 3 rings (SSSR count). The van der Waals surface area contributed by atoms with Crippen LogP contribution >= 0.6 is 0 Å². The summed E-state index contributed by atoms with van der Waals surface area (Å²) < 4.78 is 5.26. The van der Waals surface area contributed by atoms with Crippen LogP contribution in [0.2, 0.25) is 0 Å². The van der Waals surface area contributed by atoms with Crippen molar-refractivity contribution in [2.75, 3.05) is 26.2 Å². The summed E-state index contributed by atoms with van der Waals surface area (Å²) in [4.78, 5) is 31.7. The normalized spacial score (nSPS) is 15.3. The Kier molecular flexibility index (Phi) is 4.09. The minimum atomic E-state index is 0.0856. The molecule has 1 fully saturated rings. The maximum absolute atomic E-state index is 12.4. The first-order valence-corrected chi connectivity index (χ1v) is 7.55. The molecule has 1 aliphatic rings. The number of piperazine rings is 1. The zero-order valence-electron chi connectivity index (χ0n) is 12.6. The van der Waals surface area contributed by atoms with Gasteiger partial charge in [0.05, 0.1) is 6.42 Å². The second-order valence-corrected chi connectivity index (χ2v) is 5.45. The third kappa shape index (κ3) is 2.95. The Labute approximate surface area is 128 Å². The Morgan fingerprint density at radius 3 is 2.50 bits per heavy atom. The standard InChI is InChI=1S/C16H19N3O3/c1-2-15(20)18-5-7-19(8-6-18)16(21)10-12-3-4-13-14(9-12)22-11-17-13/h3-4,9,11H,2,5-8,10H2,1H3. The molecule has 1 aromatic carbocycles. The van der Waals surface area contributed by atoms with E-state index in [4.69, 9.17) is 4.42 Å². The average Bonchev–Trinajstić information content (AvgIpc) is 3.02. The third-order valence-corrected chi connectivity index (χ3v) is 4.04. The van der Waals surface area contributed by atoms with E-state index in [1.165, 1.54) is 6.39 Å². The van der Waals surface area contributed by atoms with E-state index < -0.39 is 0 Å². The van der Waals surface area contributed by atoms with E-state index in [1.54, 1.807) is 0 Å². The van der Waals surface area contributed by atoms with Crippen molar-refractivity contribution in [1.29, 1.82) is 0 Å². The molecule has 0 spiro atoms. The molecule has 0 saturated carbocycles. The Morgan fingerprint density at radius 2 is 1.82 bits per heavy atom. The number of benzene rings is 1. The lowest BCUT2D eigenvalue weighted by molar-refractivity contribution is -0.139. The van der Waals surface area contributed by atoms with E-state index in [0.29, 0.717) is 44.6 Å². The molecule has 2 heterocycles. The van der Waals surface area contributed by atoms with Gasteiger partial charge in [-0.05, 0) is 17.7 Å². The van der Waals surface area contributed by atoms with Crippen LogP contribution in [0.25, 0.3) is 11.1 Å². The summed E-state index contributed by atoms with van der Waals surface area (Å²) in [6, 6.07) is 5.62. The minimum absolute atomic E-state index is 0.0856. The van der Waals surface area contributed by atoms with Crippen molar-refractivity contribution in [2.24, 2.45) is 0 Å². The van der Waals surface area contributed by atoms with Crippen LogP contribution in [0.5, 0.6) is 0 Å². The summed E-state index contributed by atoms with van der Waals surface area (Å²) in [6.45, 7) is 4.32. The van der Waals surface area contributed by atoms with E-state index in [9.17, 15) is 9.59 Å². The summed E-state index contributed by atoms with van der Waals surface area (Å²) >= 11 is 0. The van der Waals surface area contributed by atoms with Crippen LogP contribution in [0.4, 0.5) is 0 Å². The maximum atomic E-state index is 12.4. The highest BCUT2D eigenvalue weighted by Crippen LogP contribution is 2.15. The molecular weight excluding hydrogens is 282 g/mol. The number of hydrogen-bond acceptors (Lipinski definition) is 4. The second kappa shape index (κ2) is 6.17. The molecule has 1 aliphatic heterocycles. The molecule has 0 unspecified atom stereocenters.